The first-order valence-electron chi connectivity index (χ1n) is 7.53. The monoisotopic (exact) mass is 427 g/mol. The van der Waals surface area contributed by atoms with E-state index in [-0.39, 0.29) is 5.75 Å². The van der Waals surface area contributed by atoms with Gasteiger partial charge in [0.25, 0.3) is 0 Å². The molecule has 0 amide bonds. The lowest BCUT2D eigenvalue weighted by atomic mass is 10.2. The van der Waals surface area contributed by atoms with Crippen molar-refractivity contribution in [3.05, 3.63) is 70.5 Å². The molecule has 0 saturated heterocycles. The largest absolute Gasteiger partial charge is 0.329 e. The van der Waals surface area contributed by atoms with Crippen molar-refractivity contribution in [2.45, 2.75) is 15.8 Å². The number of sulfonamides is 1. The number of hydrogen-bond donors (Lipinski definition) is 1. The number of aryl methyl sites for hydroxylation is 1. The molecule has 0 fully saturated rings. The number of rotatable bonds is 6. The minimum atomic E-state index is -3.62. The molecule has 2 aromatic carbocycles. The van der Waals surface area contributed by atoms with Gasteiger partial charge in [-0.25, -0.2) is 13.4 Å². The van der Waals surface area contributed by atoms with Gasteiger partial charge in [0.1, 0.15) is 0 Å². The molecule has 5 nitrogen and oxygen atoms in total. The predicted octanol–water partition coefficient (Wildman–Crippen LogP) is 4.82. The van der Waals surface area contributed by atoms with E-state index in [1.807, 2.05) is 29.9 Å². The average Bonchev–Trinajstić information content (AvgIpc) is 2.97. The van der Waals surface area contributed by atoms with E-state index in [1.54, 1.807) is 36.5 Å². The first-order chi connectivity index (χ1) is 12.3. The standard InChI is InChI=1S/C17H15Cl2N3O2S2/c1-22-9-8-20-17(22)25-16-5-3-2-4-15(16)21-26(23,24)11-12-6-7-13(18)14(19)10-12/h2-10,21H,11H2,1H3. The van der Waals surface area contributed by atoms with E-state index in [9.17, 15) is 8.42 Å². The van der Waals surface area contributed by atoms with Gasteiger partial charge < -0.3 is 4.57 Å². The Balaban J connectivity index is 1.81. The Morgan fingerprint density at radius 1 is 1.15 bits per heavy atom. The normalized spacial score (nSPS) is 11.5. The quantitative estimate of drug-likeness (QED) is 0.612. The number of anilines is 1. The van der Waals surface area contributed by atoms with Crippen molar-refractivity contribution in [3.63, 3.8) is 0 Å². The smallest absolute Gasteiger partial charge is 0.236 e. The molecular formula is C17H15Cl2N3O2S2. The highest BCUT2D eigenvalue weighted by Gasteiger charge is 2.16. The van der Waals surface area contributed by atoms with Crippen LogP contribution in [0.5, 0.6) is 0 Å². The van der Waals surface area contributed by atoms with Crippen LogP contribution >= 0.6 is 35.0 Å². The lowest BCUT2D eigenvalue weighted by Crippen LogP contribution is -2.15. The molecule has 9 heteroatoms. The van der Waals surface area contributed by atoms with Crippen LogP contribution in [0, 0.1) is 0 Å². The second-order valence-corrected chi connectivity index (χ2v) is 9.07. The summed E-state index contributed by atoms with van der Waals surface area (Å²) < 4.78 is 29.6. The van der Waals surface area contributed by atoms with Crippen molar-refractivity contribution in [1.82, 2.24) is 9.55 Å². The summed E-state index contributed by atoms with van der Waals surface area (Å²) in [4.78, 5) is 5.02. The molecule has 0 bridgehead atoms. The van der Waals surface area contributed by atoms with Crippen LogP contribution in [0.3, 0.4) is 0 Å². The van der Waals surface area contributed by atoms with Crippen molar-refractivity contribution >= 4 is 50.7 Å². The third-order valence-corrected chi connectivity index (χ3v) is 6.61. The summed E-state index contributed by atoms with van der Waals surface area (Å²) in [5.41, 5.74) is 1.06. The van der Waals surface area contributed by atoms with Gasteiger partial charge in [0.2, 0.25) is 10.0 Å². The Kier molecular flexibility index (Phi) is 5.82. The van der Waals surface area contributed by atoms with Crippen molar-refractivity contribution in [3.8, 4) is 0 Å². The summed E-state index contributed by atoms with van der Waals surface area (Å²) in [6.45, 7) is 0. The minimum Gasteiger partial charge on any atom is -0.329 e. The molecule has 0 saturated carbocycles. The number of halogens is 2. The van der Waals surface area contributed by atoms with Crippen LogP contribution in [0.25, 0.3) is 0 Å². The van der Waals surface area contributed by atoms with Crippen molar-refractivity contribution in [1.29, 1.82) is 0 Å². The lowest BCUT2D eigenvalue weighted by Gasteiger charge is -2.12. The first kappa shape index (κ1) is 19.1. The average molecular weight is 428 g/mol. The maximum absolute atomic E-state index is 12.6. The topological polar surface area (TPSA) is 64.0 Å². The van der Waals surface area contributed by atoms with Gasteiger partial charge >= 0.3 is 0 Å². The Bertz CT molecular complexity index is 1040. The maximum atomic E-state index is 12.6. The van der Waals surface area contributed by atoms with Crippen molar-refractivity contribution < 1.29 is 8.42 Å². The number of hydrogen-bond acceptors (Lipinski definition) is 4. The first-order valence-corrected chi connectivity index (χ1v) is 10.8. The number of nitrogens with one attached hydrogen (secondary N) is 1. The second kappa shape index (κ2) is 7.92. The Morgan fingerprint density at radius 2 is 1.92 bits per heavy atom. The van der Waals surface area contributed by atoms with Gasteiger partial charge in [0.05, 0.1) is 21.5 Å². The zero-order chi connectivity index (χ0) is 18.7. The van der Waals surface area contributed by atoms with Gasteiger partial charge in [-0.3, -0.25) is 4.72 Å². The van der Waals surface area contributed by atoms with Gasteiger partial charge in [-0.15, -0.1) is 0 Å². The zero-order valence-electron chi connectivity index (χ0n) is 13.7. The molecule has 0 spiro atoms. The number of para-hydroxylation sites is 1. The Hall–Kier alpha value is -1.67. The van der Waals surface area contributed by atoms with Crippen LogP contribution in [0.15, 0.2) is 64.9 Å². The van der Waals surface area contributed by atoms with Crippen LogP contribution in [0.4, 0.5) is 5.69 Å². The van der Waals surface area contributed by atoms with E-state index >= 15 is 0 Å². The Morgan fingerprint density at radius 3 is 2.62 bits per heavy atom. The van der Waals surface area contributed by atoms with Crippen molar-refractivity contribution in [2.24, 2.45) is 7.05 Å². The lowest BCUT2D eigenvalue weighted by molar-refractivity contribution is 0.600. The Labute approximate surface area is 166 Å². The second-order valence-electron chi connectivity index (χ2n) is 5.53. The van der Waals surface area contributed by atoms with Crippen LogP contribution in [-0.4, -0.2) is 18.0 Å². The van der Waals surface area contributed by atoms with Crippen molar-refractivity contribution in [2.75, 3.05) is 4.72 Å². The van der Waals surface area contributed by atoms with Crippen LogP contribution < -0.4 is 4.72 Å². The van der Waals surface area contributed by atoms with E-state index < -0.39 is 10.0 Å². The number of nitrogens with zero attached hydrogens (tertiary/aromatic N) is 2. The van der Waals surface area contributed by atoms with Gasteiger partial charge in [0, 0.05) is 24.3 Å². The summed E-state index contributed by atoms with van der Waals surface area (Å²) in [5, 5.41) is 1.48. The molecule has 1 N–H and O–H groups in total. The van der Waals surface area contributed by atoms with E-state index in [4.69, 9.17) is 23.2 Å². The molecule has 1 heterocycles. The number of aromatic nitrogens is 2. The number of imidazole rings is 1. The van der Waals surface area contributed by atoms with Gasteiger partial charge in [-0.2, -0.15) is 0 Å². The maximum Gasteiger partial charge on any atom is 0.236 e. The molecule has 26 heavy (non-hydrogen) atoms. The minimum absolute atomic E-state index is 0.203. The fraction of sp³-hybridized carbons (Fsp3) is 0.118. The third kappa shape index (κ3) is 4.73. The van der Waals surface area contributed by atoms with Gasteiger partial charge in [0.15, 0.2) is 5.16 Å². The third-order valence-electron chi connectivity index (χ3n) is 3.47. The molecular weight excluding hydrogens is 413 g/mol. The highest BCUT2D eigenvalue weighted by atomic mass is 35.5. The zero-order valence-corrected chi connectivity index (χ0v) is 16.8. The van der Waals surface area contributed by atoms with Crippen LogP contribution in [0.2, 0.25) is 10.0 Å². The molecule has 1 aromatic heterocycles. The fourth-order valence-corrected chi connectivity index (χ4v) is 4.72. The van der Waals surface area contributed by atoms with E-state index in [0.29, 0.717) is 21.3 Å². The van der Waals surface area contributed by atoms with Gasteiger partial charge in [-0.1, -0.05) is 41.4 Å². The SMILES string of the molecule is Cn1ccnc1Sc1ccccc1NS(=O)(=O)Cc1ccc(Cl)c(Cl)c1. The highest BCUT2D eigenvalue weighted by molar-refractivity contribution is 7.99. The molecule has 0 aliphatic rings. The molecule has 0 aliphatic heterocycles. The summed E-state index contributed by atoms with van der Waals surface area (Å²) in [7, 11) is -1.74. The fourth-order valence-electron chi connectivity index (χ4n) is 2.24. The van der Waals surface area contributed by atoms with E-state index in [2.05, 4.69) is 9.71 Å². The molecule has 3 rings (SSSR count). The molecule has 0 radical (unpaired) electrons. The van der Waals surface area contributed by atoms with E-state index in [0.717, 1.165) is 10.1 Å². The van der Waals surface area contributed by atoms with Gasteiger partial charge in [-0.05, 0) is 41.6 Å². The van der Waals surface area contributed by atoms with Crippen LogP contribution in [0.1, 0.15) is 5.56 Å². The molecule has 136 valence electrons. The molecule has 0 unspecified atom stereocenters. The molecule has 3 aromatic rings. The van der Waals surface area contributed by atoms with E-state index in [1.165, 1.54) is 11.8 Å². The summed E-state index contributed by atoms with van der Waals surface area (Å²) in [6, 6.07) is 12.0. The highest BCUT2D eigenvalue weighted by Crippen LogP contribution is 2.33. The number of benzene rings is 2. The summed E-state index contributed by atoms with van der Waals surface area (Å²) >= 11 is 13.2. The summed E-state index contributed by atoms with van der Waals surface area (Å²) in [5.74, 6) is -0.203. The molecule has 0 aliphatic carbocycles. The summed E-state index contributed by atoms with van der Waals surface area (Å²) in [6.07, 6.45) is 3.53. The molecule has 0 atom stereocenters. The van der Waals surface area contributed by atoms with Crippen LogP contribution in [-0.2, 0) is 22.8 Å². The predicted molar refractivity (Wildman–Crippen MR) is 106 cm³/mol.